The van der Waals surface area contributed by atoms with Gasteiger partial charge in [-0.25, -0.2) is 0 Å². The van der Waals surface area contributed by atoms with E-state index in [0.29, 0.717) is 26.1 Å². The lowest BCUT2D eigenvalue weighted by molar-refractivity contribution is -0.136. The molecule has 1 aliphatic rings. The molecule has 2 rings (SSSR count). The number of aryl methyl sites for hydroxylation is 1. The minimum absolute atomic E-state index is 0.0746. The Morgan fingerprint density at radius 2 is 2.19 bits per heavy atom. The van der Waals surface area contributed by atoms with E-state index in [-0.39, 0.29) is 19.1 Å². The number of carbonyl (C=O) groups excluding carboxylic acids is 1. The molecule has 116 valence electrons. The lowest BCUT2D eigenvalue weighted by Gasteiger charge is -2.24. The van der Waals surface area contributed by atoms with Crippen molar-refractivity contribution in [2.75, 3.05) is 32.9 Å². The summed E-state index contributed by atoms with van der Waals surface area (Å²) in [7, 11) is 0. The first kappa shape index (κ1) is 15.8. The van der Waals surface area contributed by atoms with Crippen LogP contribution in [-0.4, -0.2) is 54.4 Å². The minimum atomic E-state index is -0.982. The minimum Gasteiger partial charge on any atom is -0.490 e. The summed E-state index contributed by atoms with van der Waals surface area (Å²) < 4.78 is 10.8. The van der Waals surface area contributed by atoms with Gasteiger partial charge in [-0.15, -0.1) is 0 Å². The SMILES string of the molecule is CCOCC(=O)N1CC[C@](O)(COc2ccccc2C)C1. The second-order valence-electron chi connectivity index (χ2n) is 5.48. The molecule has 0 aliphatic carbocycles. The van der Waals surface area contributed by atoms with Gasteiger partial charge in [-0.3, -0.25) is 4.79 Å². The second kappa shape index (κ2) is 6.91. The monoisotopic (exact) mass is 293 g/mol. The Morgan fingerprint density at radius 1 is 1.43 bits per heavy atom. The number of hydrogen-bond acceptors (Lipinski definition) is 4. The molecule has 1 aliphatic heterocycles. The Morgan fingerprint density at radius 3 is 2.90 bits per heavy atom. The Balaban J connectivity index is 1.87. The molecule has 1 saturated heterocycles. The topological polar surface area (TPSA) is 59.0 Å². The highest BCUT2D eigenvalue weighted by atomic mass is 16.5. The van der Waals surface area contributed by atoms with Crippen molar-refractivity contribution in [3.8, 4) is 5.75 Å². The van der Waals surface area contributed by atoms with Crippen LogP contribution in [0.3, 0.4) is 0 Å². The van der Waals surface area contributed by atoms with Crippen LogP contribution in [0.4, 0.5) is 0 Å². The number of rotatable bonds is 6. The average Bonchev–Trinajstić information content (AvgIpc) is 2.87. The highest BCUT2D eigenvalue weighted by Crippen LogP contribution is 2.24. The summed E-state index contributed by atoms with van der Waals surface area (Å²) in [6.07, 6.45) is 0.525. The number of benzene rings is 1. The highest BCUT2D eigenvalue weighted by molar-refractivity contribution is 5.77. The molecular formula is C16H23NO4. The highest BCUT2D eigenvalue weighted by Gasteiger charge is 2.38. The molecule has 1 aromatic rings. The van der Waals surface area contributed by atoms with E-state index in [0.717, 1.165) is 11.3 Å². The molecule has 0 unspecified atom stereocenters. The Bertz CT molecular complexity index is 491. The van der Waals surface area contributed by atoms with Gasteiger partial charge in [0.2, 0.25) is 5.91 Å². The number of para-hydroxylation sites is 1. The number of β-amino-alcohol motifs (C(OH)–C–C–N with tert-alkyl or cyclic N) is 1. The summed E-state index contributed by atoms with van der Waals surface area (Å²) in [5.74, 6) is 0.689. The zero-order valence-electron chi connectivity index (χ0n) is 12.7. The molecule has 5 nitrogen and oxygen atoms in total. The van der Waals surface area contributed by atoms with Gasteiger partial charge in [0.05, 0.1) is 6.54 Å². The zero-order valence-corrected chi connectivity index (χ0v) is 12.7. The van der Waals surface area contributed by atoms with E-state index in [9.17, 15) is 9.90 Å². The predicted octanol–water partition coefficient (Wildman–Crippen LogP) is 1.37. The van der Waals surface area contributed by atoms with Crippen LogP contribution in [0.5, 0.6) is 5.75 Å². The molecule has 1 N–H and O–H groups in total. The van der Waals surface area contributed by atoms with Crippen molar-refractivity contribution in [3.05, 3.63) is 29.8 Å². The molecule has 1 amide bonds. The maximum absolute atomic E-state index is 11.9. The van der Waals surface area contributed by atoms with Crippen LogP contribution in [-0.2, 0) is 9.53 Å². The van der Waals surface area contributed by atoms with Crippen LogP contribution >= 0.6 is 0 Å². The van der Waals surface area contributed by atoms with Crippen LogP contribution in [0, 0.1) is 6.92 Å². The van der Waals surface area contributed by atoms with Crippen molar-refractivity contribution in [3.63, 3.8) is 0 Å². The summed E-state index contributed by atoms with van der Waals surface area (Å²) in [4.78, 5) is 13.5. The third-order valence-corrected chi connectivity index (χ3v) is 3.70. The largest absolute Gasteiger partial charge is 0.490 e. The first-order valence-electron chi connectivity index (χ1n) is 7.30. The second-order valence-corrected chi connectivity index (χ2v) is 5.48. The maximum Gasteiger partial charge on any atom is 0.248 e. The lowest BCUT2D eigenvalue weighted by Crippen LogP contribution is -2.41. The lowest BCUT2D eigenvalue weighted by atomic mass is 10.1. The van der Waals surface area contributed by atoms with Crippen LogP contribution in [0.25, 0.3) is 0 Å². The summed E-state index contributed by atoms with van der Waals surface area (Å²) in [6, 6.07) is 7.69. The number of aliphatic hydroxyl groups is 1. The number of amides is 1. The molecule has 0 spiro atoms. The van der Waals surface area contributed by atoms with E-state index in [2.05, 4.69) is 0 Å². The summed E-state index contributed by atoms with van der Waals surface area (Å²) in [6.45, 7) is 5.43. The molecule has 0 radical (unpaired) electrons. The molecule has 0 aromatic heterocycles. The van der Waals surface area contributed by atoms with Gasteiger partial charge in [0.25, 0.3) is 0 Å². The smallest absolute Gasteiger partial charge is 0.248 e. The number of likely N-dealkylation sites (tertiary alicyclic amines) is 1. The van der Waals surface area contributed by atoms with Gasteiger partial charge in [-0.1, -0.05) is 18.2 Å². The molecule has 1 fully saturated rings. The number of ether oxygens (including phenoxy) is 2. The van der Waals surface area contributed by atoms with Crippen molar-refractivity contribution in [1.29, 1.82) is 0 Å². The van der Waals surface area contributed by atoms with Crippen molar-refractivity contribution in [2.24, 2.45) is 0 Å². The van der Waals surface area contributed by atoms with Crippen molar-refractivity contribution in [2.45, 2.75) is 25.9 Å². The van der Waals surface area contributed by atoms with Crippen molar-refractivity contribution >= 4 is 5.91 Å². The van der Waals surface area contributed by atoms with Crippen molar-refractivity contribution < 1.29 is 19.4 Å². The molecule has 0 bridgehead atoms. The molecule has 1 atom stereocenters. The van der Waals surface area contributed by atoms with Crippen LogP contribution < -0.4 is 4.74 Å². The summed E-state index contributed by atoms with van der Waals surface area (Å²) in [5.41, 5.74) is 0.0489. The quantitative estimate of drug-likeness (QED) is 0.860. The van der Waals surface area contributed by atoms with Gasteiger partial charge in [0.15, 0.2) is 0 Å². The van der Waals surface area contributed by atoms with E-state index >= 15 is 0 Å². The van der Waals surface area contributed by atoms with E-state index in [1.54, 1.807) is 4.90 Å². The first-order chi connectivity index (χ1) is 10.0. The Labute approximate surface area is 125 Å². The normalized spacial score (nSPS) is 21.6. The molecule has 0 saturated carbocycles. The van der Waals surface area contributed by atoms with Gasteiger partial charge >= 0.3 is 0 Å². The molecule has 1 aromatic carbocycles. The summed E-state index contributed by atoms with van der Waals surface area (Å²) in [5, 5.41) is 10.5. The van der Waals surface area contributed by atoms with Gasteiger partial charge in [-0.2, -0.15) is 0 Å². The predicted molar refractivity (Wildman–Crippen MR) is 79.3 cm³/mol. The standard InChI is InChI=1S/C16H23NO4/c1-3-20-10-15(18)17-9-8-16(19,11-17)12-21-14-7-5-4-6-13(14)2/h4-7,19H,3,8-12H2,1-2H3/t16-/m1/s1. The first-order valence-corrected chi connectivity index (χ1v) is 7.30. The fraction of sp³-hybridized carbons (Fsp3) is 0.562. The van der Waals surface area contributed by atoms with E-state index in [4.69, 9.17) is 9.47 Å². The van der Waals surface area contributed by atoms with Crippen LogP contribution in [0.15, 0.2) is 24.3 Å². The maximum atomic E-state index is 11.9. The van der Waals surface area contributed by atoms with Gasteiger partial charge in [0.1, 0.15) is 24.6 Å². The Hall–Kier alpha value is -1.59. The average molecular weight is 293 g/mol. The Kier molecular flexibility index (Phi) is 5.20. The van der Waals surface area contributed by atoms with Crippen molar-refractivity contribution in [1.82, 2.24) is 4.90 Å². The van der Waals surface area contributed by atoms with Gasteiger partial charge in [0, 0.05) is 13.2 Å². The van der Waals surface area contributed by atoms with E-state index in [1.165, 1.54) is 0 Å². The zero-order chi connectivity index (χ0) is 15.3. The van der Waals surface area contributed by atoms with Crippen LogP contribution in [0.1, 0.15) is 18.9 Å². The number of carbonyl (C=O) groups is 1. The van der Waals surface area contributed by atoms with E-state index in [1.807, 2.05) is 38.1 Å². The molecule has 1 heterocycles. The fourth-order valence-electron chi connectivity index (χ4n) is 2.40. The number of nitrogens with zero attached hydrogens (tertiary/aromatic N) is 1. The van der Waals surface area contributed by atoms with Gasteiger partial charge < -0.3 is 19.5 Å². The number of hydrogen-bond donors (Lipinski definition) is 1. The van der Waals surface area contributed by atoms with Crippen LogP contribution in [0.2, 0.25) is 0 Å². The van der Waals surface area contributed by atoms with Gasteiger partial charge in [-0.05, 0) is 31.9 Å². The summed E-state index contributed by atoms with van der Waals surface area (Å²) >= 11 is 0. The van der Waals surface area contributed by atoms with E-state index < -0.39 is 5.60 Å². The third-order valence-electron chi connectivity index (χ3n) is 3.70. The fourth-order valence-corrected chi connectivity index (χ4v) is 2.40. The third kappa shape index (κ3) is 4.19. The molecule has 5 heteroatoms. The molecule has 21 heavy (non-hydrogen) atoms. The molecular weight excluding hydrogens is 270 g/mol.